The van der Waals surface area contributed by atoms with Crippen molar-refractivity contribution in [3.8, 4) is 33.9 Å². The molecule has 0 aliphatic heterocycles. The van der Waals surface area contributed by atoms with Crippen LogP contribution in [0.1, 0.15) is 5.56 Å². The molecule has 0 aliphatic carbocycles. The van der Waals surface area contributed by atoms with Crippen molar-refractivity contribution in [1.29, 1.82) is 0 Å². The van der Waals surface area contributed by atoms with E-state index in [1.807, 2.05) is 66.7 Å². The molecule has 0 atom stereocenters. The minimum atomic E-state index is -0.192. The first kappa shape index (κ1) is 22.0. The van der Waals surface area contributed by atoms with Crippen LogP contribution in [0.3, 0.4) is 0 Å². The Kier molecular flexibility index (Phi) is 5.47. The van der Waals surface area contributed by atoms with E-state index < -0.39 is 0 Å². The van der Waals surface area contributed by atoms with Gasteiger partial charge in [0.25, 0.3) is 5.56 Å². The first-order chi connectivity index (χ1) is 17.6. The minimum Gasteiger partial charge on any atom is -0.268 e. The number of nitrogens with zero attached hydrogens (tertiary/aromatic N) is 4. The summed E-state index contributed by atoms with van der Waals surface area (Å²) in [7, 11) is 0. The fourth-order valence-electron chi connectivity index (χ4n) is 4.26. The minimum absolute atomic E-state index is 0.192. The quantitative estimate of drug-likeness (QED) is 0.272. The molecule has 6 heteroatoms. The average Bonchev–Trinajstić information content (AvgIpc) is 3.35. The summed E-state index contributed by atoms with van der Waals surface area (Å²) in [5.41, 5.74) is 6.00. The number of benzene rings is 4. The van der Waals surface area contributed by atoms with E-state index >= 15 is 0 Å². The van der Waals surface area contributed by atoms with Crippen LogP contribution in [-0.2, 0) is 0 Å². The number of hydrogen-bond acceptors (Lipinski definition) is 3. The Balaban J connectivity index is 1.54. The molecule has 36 heavy (non-hydrogen) atoms. The fourth-order valence-corrected chi connectivity index (χ4v) is 4.39. The third-order valence-corrected chi connectivity index (χ3v) is 6.44. The summed E-state index contributed by atoms with van der Waals surface area (Å²) in [6, 6.07) is 33.3. The van der Waals surface area contributed by atoms with Crippen LogP contribution in [0.4, 0.5) is 0 Å². The summed E-state index contributed by atoms with van der Waals surface area (Å²) < 4.78 is 3.31. The van der Waals surface area contributed by atoms with Gasteiger partial charge in [-0.25, -0.2) is 9.67 Å². The standard InChI is InChI=1S/C30H21ClN4O/c1-20-7-9-21(10-8-20)22-11-13-23(14-12-22)29-32-28-27(19-34(33-28)25-5-3-2-4-6-25)30(36)35(29)26-17-15-24(31)16-18-26/h2-19H,1H3. The number of aromatic nitrogens is 4. The predicted octanol–water partition coefficient (Wildman–Crippen LogP) is 6.87. The summed E-state index contributed by atoms with van der Waals surface area (Å²) in [6.07, 6.45) is 1.73. The van der Waals surface area contributed by atoms with Crippen LogP contribution in [0.2, 0.25) is 5.02 Å². The zero-order chi connectivity index (χ0) is 24.6. The van der Waals surface area contributed by atoms with Gasteiger partial charge in [-0.1, -0.05) is 83.9 Å². The molecule has 0 spiro atoms. The highest BCUT2D eigenvalue weighted by Crippen LogP contribution is 2.27. The Labute approximate surface area is 212 Å². The maximum Gasteiger partial charge on any atom is 0.269 e. The van der Waals surface area contributed by atoms with E-state index in [2.05, 4.69) is 36.3 Å². The van der Waals surface area contributed by atoms with Crippen LogP contribution in [0.25, 0.3) is 44.9 Å². The lowest BCUT2D eigenvalue weighted by atomic mass is 10.0. The molecule has 6 rings (SSSR count). The maximum absolute atomic E-state index is 13.8. The molecule has 0 bridgehead atoms. The van der Waals surface area contributed by atoms with E-state index in [0.29, 0.717) is 27.6 Å². The molecule has 0 amide bonds. The molecule has 0 fully saturated rings. The van der Waals surface area contributed by atoms with Gasteiger partial charge in [0.2, 0.25) is 0 Å². The molecule has 0 N–H and O–H groups in total. The van der Waals surface area contributed by atoms with Gasteiger partial charge in [0.1, 0.15) is 11.2 Å². The predicted molar refractivity (Wildman–Crippen MR) is 145 cm³/mol. The van der Waals surface area contributed by atoms with Crippen molar-refractivity contribution in [3.05, 3.63) is 130 Å². The van der Waals surface area contributed by atoms with E-state index in [0.717, 1.165) is 22.4 Å². The summed E-state index contributed by atoms with van der Waals surface area (Å²) in [4.78, 5) is 18.7. The van der Waals surface area contributed by atoms with Crippen LogP contribution < -0.4 is 5.56 Å². The van der Waals surface area contributed by atoms with Crippen molar-refractivity contribution in [1.82, 2.24) is 19.3 Å². The number of rotatable bonds is 4. The van der Waals surface area contributed by atoms with Crippen molar-refractivity contribution in [2.45, 2.75) is 6.92 Å². The van der Waals surface area contributed by atoms with E-state index in [4.69, 9.17) is 16.6 Å². The molecule has 0 aliphatic rings. The lowest BCUT2D eigenvalue weighted by molar-refractivity contribution is 0.888. The van der Waals surface area contributed by atoms with Crippen molar-refractivity contribution in [2.24, 2.45) is 0 Å². The van der Waals surface area contributed by atoms with Crippen molar-refractivity contribution in [2.75, 3.05) is 0 Å². The van der Waals surface area contributed by atoms with E-state index in [9.17, 15) is 4.79 Å². The Morgan fingerprint density at radius 1 is 0.694 bits per heavy atom. The van der Waals surface area contributed by atoms with Gasteiger partial charge in [0, 0.05) is 16.8 Å². The Hall–Kier alpha value is -4.48. The average molecular weight is 489 g/mol. The van der Waals surface area contributed by atoms with Gasteiger partial charge in [-0.2, -0.15) is 0 Å². The van der Waals surface area contributed by atoms with Crippen LogP contribution in [0.15, 0.2) is 114 Å². The third-order valence-electron chi connectivity index (χ3n) is 6.19. The van der Waals surface area contributed by atoms with Gasteiger partial charge in [-0.3, -0.25) is 9.36 Å². The van der Waals surface area contributed by atoms with E-state index in [1.54, 1.807) is 27.6 Å². The lowest BCUT2D eigenvalue weighted by Gasteiger charge is -2.13. The Bertz CT molecular complexity index is 1740. The van der Waals surface area contributed by atoms with E-state index in [-0.39, 0.29) is 5.56 Å². The van der Waals surface area contributed by atoms with Gasteiger partial charge in [0.05, 0.1) is 11.4 Å². The first-order valence-electron chi connectivity index (χ1n) is 11.6. The second-order valence-corrected chi connectivity index (χ2v) is 9.08. The van der Waals surface area contributed by atoms with Crippen LogP contribution >= 0.6 is 11.6 Å². The first-order valence-corrected chi connectivity index (χ1v) is 12.0. The van der Waals surface area contributed by atoms with Gasteiger partial charge < -0.3 is 0 Å². The molecule has 0 radical (unpaired) electrons. The number of halogens is 1. The third kappa shape index (κ3) is 4.00. The number of hydrogen-bond donors (Lipinski definition) is 0. The SMILES string of the molecule is Cc1ccc(-c2ccc(-c3nc4nn(-c5ccccc5)cc4c(=O)n3-c3ccc(Cl)cc3)cc2)cc1. The molecule has 0 unspecified atom stereocenters. The molecule has 2 heterocycles. The molecule has 5 nitrogen and oxygen atoms in total. The van der Waals surface area contributed by atoms with Crippen molar-refractivity contribution in [3.63, 3.8) is 0 Å². The largest absolute Gasteiger partial charge is 0.269 e. The summed E-state index contributed by atoms with van der Waals surface area (Å²) in [5, 5.41) is 5.66. The molecule has 4 aromatic carbocycles. The van der Waals surface area contributed by atoms with E-state index in [1.165, 1.54) is 5.56 Å². The molecule has 2 aromatic heterocycles. The lowest BCUT2D eigenvalue weighted by Crippen LogP contribution is -2.21. The Morgan fingerprint density at radius 3 is 1.97 bits per heavy atom. The maximum atomic E-state index is 13.8. The second-order valence-electron chi connectivity index (χ2n) is 8.64. The zero-order valence-electron chi connectivity index (χ0n) is 19.5. The molecular formula is C30H21ClN4O. The fraction of sp³-hybridized carbons (Fsp3) is 0.0333. The summed E-state index contributed by atoms with van der Waals surface area (Å²) >= 11 is 6.13. The van der Waals surface area contributed by atoms with Crippen molar-refractivity contribution < 1.29 is 0 Å². The zero-order valence-corrected chi connectivity index (χ0v) is 20.2. The molecule has 0 saturated carbocycles. The monoisotopic (exact) mass is 488 g/mol. The van der Waals surface area contributed by atoms with Crippen LogP contribution in [-0.4, -0.2) is 19.3 Å². The molecule has 6 aromatic rings. The number of aryl methyl sites for hydroxylation is 1. The Morgan fingerprint density at radius 2 is 1.31 bits per heavy atom. The smallest absolute Gasteiger partial charge is 0.268 e. The molecular weight excluding hydrogens is 468 g/mol. The van der Waals surface area contributed by atoms with Crippen LogP contribution in [0, 0.1) is 6.92 Å². The summed E-state index contributed by atoms with van der Waals surface area (Å²) in [6.45, 7) is 2.07. The normalized spacial score (nSPS) is 11.2. The highest BCUT2D eigenvalue weighted by Gasteiger charge is 2.18. The van der Waals surface area contributed by atoms with Gasteiger partial charge in [-0.15, -0.1) is 5.10 Å². The summed E-state index contributed by atoms with van der Waals surface area (Å²) in [5.74, 6) is 0.517. The van der Waals surface area contributed by atoms with Gasteiger partial charge in [-0.05, 0) is 54.4 Å². The van der Waals surface area contributed by atoms with Gasteiger partial charge in [0.15, 0.2) is 5.65 Å². The molecule has 174 valence electrons. The van der Waals surface area contributed by atoms with Gasteiger partial charge >= 0.3 is 0 Å². The number of para-hydroxylation sites is 1. The second kappa shape index (κ2) is 8.95. The topological polar surface area (TPSA) is 52.7 Å². The van der Waals surface area contributed by atoms with Crippen LogP contribution in [0.5, 0.6) is 0 Å². The highest BCUT2D eigenvalue weighted by molar-refractivity contribution is 6.30. The number of fused-ring (bicyclic) bond motifs is 1. The highest BCUT2D eigenvalue weighted by atomic mass is 35.5. The molecule has 0 saturated heterocycles. The van der Waals surface area contributed by atoms with Crippen molar-refractivity contribution >= 4 is 22.6 Å².